The van der Waals surface area contributed by atoms with Gasteiger partial charge < -0.3 is 10.0 Å². The van der Waals surface area contributed by atoms with Crippen LogP contribution in [0.3, 0.4) is 0 Å². The number of aliphatic hydroxyl groups is 1. The van der Waals surface area contributed by atoms with Crippen LogP contribution in [0.2, 0.25) is 0 Å². The first-order chi connectivity index (χ1) is 9.69. The molecule has 1 atom stereocenters. The molecule has 0 saturated carbocycles. The normalized spacial score (nSPS) is 18.2. The van der Waals surface area contributed by atoms with Crippen LogP contribution >= 0.6 is 0 Å². The van der Waals surface area contributed by atoms with Crippen LogP contribution in [0, 0.1) is 0 Å². The fourth-order valence-electron chi connectivity index (χ4n) is 2.52. The van der Waals surface area contributed by atoms with Crippen LogP contribution in [0.4, 0.5) is 0 Å². The second-order valence-corrected chi connectivity index (χ2v) is 5.47. The summed E-state index contributed by atoms with van der Waals surface area (Å²) in [5, 5.41) is 10.2. The van der Waals surface area contributed by atoms with Gasteiger partial charge in [-0.25, -0.2) is 0 Å². The van der Waals surface area contributed by atoms with Gasteiger partial charge in [-0.15, -0.1) is 0 Å². The lowest BCUT2D eigenvalue weighted by Gasteiger charge is -2.14. The maximum absolute atomic E-state index is 11.5. The van der Waals surface area contributed by atoms with Crippen molar-refractivity contribution in [2.45, 2.75) is 64.9 Å². The summed E-state index contributed by atoms with van der Waals surface area (Å²) < 4.78 is 0. The highest BCUT2D eigenvalue weighted by atomic mass is 16.3. The number of rotatable bonds is 9. The molecule has 1 saturated heterocycles. The van der Waals surface area contributed by atoms with Gasteiger partial charge in [0.1, 0.15) is 0 Å². The van der Waals surface area contributed by atoms with Crippen LogP contribution in [-0.2, 0) is 4.79 Å². The summed E-state index contributed by atoms with van der Waals surface area (Å²) in [6.07, 6.45) is 12.5. The van der Waals surface area contributed by atoms with Crippen molar-refractivity contribution in [1.82, 2.24) is 4.90 Å². The highest BCUT2D eigenvalue weighted by Gasteiger charge is 2.18. The lowest BCUT2D eigenvalue weighted by Crippen LogP contribution is -2.24. The van der Waals surface area contributed by atoms with Crippen molar-refractivity contribution in [3.8, 4) is 0 Å². The first-order valence-electron chi connectivity index (χ1n) is 8.01. The summed E-state index contributed by atoms with van der Waals surface area (Å²) in [7, 11) is 0. The molecule has 1 heterocycles. The van der Waals surface area contributed by atoms with E-state index in [1.807, 2.05) is 17.1 Å². The summed E-state index contributed by atoms with van der Waals surface area (Å²) in [4.78, 5) is 13.4. The average molecular weight is 279 g/mol. The van der Waals surface area contributed by atoms with E-state index >= 15 is 0 Å². The molecule has 0 aromatic heterocycles. The zero-order chi connectivity index (χ0) is 14.8. The smallest absolute Gasteiger partial charge is 0.222 e. The van der Waals surface area contributed by atoms with Crippen LogP contribution in [0.25, 0.3) is 0 Å². The minimum Gasteiger partial charge on any atom is -0.388 e. The highest BCUT2D eigenvalue weighted by molar-refractivity contribution is 5.78. The Bertz CT molecular complexity index is 347. The van der Waals surface area contributed by atoms with E-state index in [1.165, 1.54) is 12.8 Å². The molecule has 3 heteroatoms. The van der Waals surface area contributed by atoms with Crippen molar-refractivity contribution in [2.24, 2.45) is 0 Å². The van der Waals surface area contributed by atoms with Crippen LogP contribution in [0.5, 0.6) is 0 Å². The third-order valence-corrected chi connectivity index (χ3v) is 3.71. The van der Waals surface area contributed by atoms with E-state index in [4.69, 9.17) is 0 Å². The van der Waals surface area contributed by atoms with E-state index in [2.05, 4.69) is 19.9 Å². The van der Waals surface area contributed by atoms with Crippen molar-refractivity contribution in [3.05, 3.63) is 23.8 Å². The van der Waals surface area contributed by atoms with Gasteiger partial charge in [0.25, 0.3) is 0 Å². The molecule has 0 unspecified atom stereocenters. The van der Waals surface area contributed by atoms with E-state index in [0.717, 1.165) is 37.8 Å². The molecule has 3 nitrogen and oxygen atoms in total. The lowest BCUT2D eigenvalue weighted by molar-refractivity contribution is -0.127. The molecule has 1 aliphatic heterocycles. The Balaban J connectivity index is 2.45. The third-order valence-electron chi connectivity index (χ3n) is 3.71. The molecule has 0 bridgehead atoms. The molecule has 0 spiro atoms. The molecule has 0 aliphatic carbocycles. The molecule has 1 amide bonds. The van der Waals surface area contributed by atoms with Crippen molar-refractivity contribution in [1.29, 1.82) is 0 Å². The summed E-state index contributed by atoms with van der Waals surface area (Å²) in [5.41, 5.74) is 0.996. The molecule has 0 aromatic carbocycles. The molecule has 0 radical (unpaired) electrons. The number of carbonyl (C=O) groups excluding carboxylic acids is 1. The van der Waals surface area contributed by atoms with Gasteiger partial charge in [0.15, 0.2) is 0 Å². The Labute approximate surface area is 123 Å². The molecule has 1 aliphatic rings. The number of nitrogens with zero attached hydrogens (tertiary/aromatic N) is 1. The van der Waals surface area contributed by atoms with Gasteiger partial charge in [0, 0.05) is 19.5 Å². The van der Waals surface area contributed by atoms with Gasteiger partial charge in [-0.1, -0.05) is 51.3 Å². The zero-order valence-electron chi connectivity index (χ0n) is 13.0. The van der Waals surface area contributed by atoms with Gasteiger partial charge in [0.2, 0.25) is 5.91 Å². The number of likely N-dealkylation sites (tertiary alicyclic amines) is 1. The Hall–Kier alpha value is -1.09. The second kappa shape index (κ2) is 9.76. The van der Waals surface area contributed by atoms with Crippen LogP contribution in [0.15, 0.2) is 23.8 Å². The van der Waals surface area contributed by atoms with Crippen molar-refractivity contribution < 1.29 is 9.90 Å². The van der Waals surface area contributed by atoms with E-state index in [1.54, 1.807) is 0 Å². The number of amides is 1. The van der Waals surface area contributed by atoms with E-state index < -0.39 is 0 Å². The van der Waals surface area contributed by atoms with E-state index in [0.29, 0.717) is 13.0 Å². The quantitative estimate of drug-likeness (QED) is 0.519. The third kappa shape index (κ3) is 5.91. The van der Waals surface area contributed by atoms with Crippen molar-refractivity contribution in [3.63, 3.8) is 0 Å². The van der Waals surface area contributed by atoms with Gasteiger partial charge in [0.05, 0.1) is 6.10 Å². The molecule has 1 N–H and O–H groups in total. The SMILES string of the molecule is CC/C=C(\C=C/CN1CCCC1=O)[C@@H](O)CCCCC. The van der Waals surface area contributed by atoms with Gasteiger partial charge in [-0.05, 0) is 24.8 Å². The van der Waals surface area contributed by atoms with Crippen LogP contribution < -0.4 is 0 Å². The van der Waals surface area contributed by atoms with Crippen molar-refractivity contribution in [2.75, 3.05) is 13.1 Å². The molecule has 1 fully saturated rings. The number of allylic oxidation sites excluding steroid dienone is 1. The van der Waals surface area contributed by atoms with Gasteiger partial charge >= 0.3 is 0 Å². The van der Waals surface area contributed by atoms with E-state index in [9.17, 15) is 9.90 Å². The topological polar surface area (TPSA) is 40.5 Å². The van der Waals surface area contributed by atoms with Crippen LogP contribution in [0.1, 0.15) is 58.8 Å². The summed E-state index contributed by atoms with van der Waals surface area (Å²) in [5.74, 6) is 0.249. The zero-order valence-corrected chi connectivity index (χ0v) is 13.0. The maximum atomic E-state index is 11.5. The first kappa shape index (κ1) is 17.0. The molecular formula is C17H29NO2. The fraction of sp³-hybridized carbons (Fsp3) is 0.706. The number of aliphatic hydroxyl groups excluding tert-OH is 1. The summed E-state index contributed by atoms with van der Waals surface area (Å²) >= 11 is 0. The molecule has 20 heavy (non-hydrogen) atoms. The van der Waals surface area contributed by atoms with Crippen molar-refractivity contribution >= 4 is 5.91 Å². The van der Waals surface area contributed by atoms with Crippen LogP contribution in [-0.4, -0.2) is 35.1 Å². The maximum Gasteiger partial charge on any atom is 0.222 e. The molecule has 114 valence electrons. The minimum absolute atomic E-state index is 0.249. The Morgan fingerprint density at radius 3 is 2.80 bits per heavy atom. The standard InChI is InChI=1S/C17H29NO2/c1-3-5-6-11-16(19)15(9-4-2)10-7-13-18-14-8-12-17(18)20/h7,9-10,16,19H,3-6,8,11-14H2,1-2H3/b10-7-,15-9+/t16-/m0/s1. The molecule has 0 aromatic rings. The molecular weight excluding hydrogens is 250 g/mol. The van der Waals surface area contributed by atoms with Gasteiger partial charge in [-0.2, -0.15) is 0 Å². The average Bonchev–Trinajstić information content (AvgIpc) is 2.83. The van der Waals surface area contributed by atoms with E-state index in [-0.39, 0.29) is 12.0 Å². The number of carbonyl (C=O) groups is 1. The Morgan fingerprint density at radius 1 is 1.40 bits per heavy atom. The number of hydrogen-bond donors (Lipinski definition) is 1. The Kier molecular flexibility index (Phi) is 8.28. The number of hydrogen-bond acceptors (Lipinski definition) is 2. The fourth-order valence-corrected chi connectivity index (χ4v) is 2.52. The predicted octanol–water partition coefficient (Wildman–Crippen LogP) is 3.44. The second-order valence-electron chi connectivity index (χ2n) is 5.47. The lowest BCUT2D eigenvalue weighted by atomic mass is 10.0. The summed E-state index contributed by atoms with van der Waals surface area (Å²) in [6, 6.07) is 0. The predicted molar refractivity (Wildman–Crippen MR) is 83.5 cm³/mol. The first-order valence-corrected chi connectivity index (χ1v) is 8.01. The Morgan fingerprint density at radius 2 is 2.20 bits per heavy atom. The monoisotopic (exact) mass is 279 g/mol. The minimum atomic E-state index is -0.368. The molecule has 1 rings (SSSR count). The highest BCUT2D eigenvalue weighted by Crippen LogP contribution is 2.14. The van der Waals surface area contributed by atoms with Gasteiger partial charge in [-0.3, -0.25) is 4.79 Å². The number of unbranched alkanes of at least 4 members (excludes halogenated alkanes) is 2. The summed E-state index contributed by atoms with van der Waals surface area (Å²) in [6.45, 7) is 5.79. The largest absolute Gasteiger partial charge is 0.388 e.